The van der Waals surface area contributed by atoms with Crippen LogP contribution in [0.1, 0.15) is 29.2 Å². The quantitative estimate of drug-likeness (QED) is 0.672. The van der Waals surface area contributed by atoms with Gasteiger partial charge in [-0.15, -0.1) is 5.10 Å². The normalized spacial score (nSPS) is 15.8. The van der Waals surface area contributed by atoms with Gasteiger partial charge in [0, 0.05) is 24.7 Å². The molecule has 7 heteroatoms. The van der Waals surface area contributed by atoms with Crippen molar-refractivity contribution in [3.8, 4) is 0 Å². The van der Waals surface area contributed by atoms with Crippen molar-refractivity contribution in [3.05, 3.63) is 58.7 Å². The third-order valence-electron chi connectivity index (χ3n) is 4.44. The van der Waals surface area contributed by atoms with Crippen LogP contribution in [0.5, 0.6) is 0 Å². The standard InChI is InChI=1S/C17H16N4O3/c22-16(14-11-12-3-1-2-4-15(12)24-17(14)23)20-8-5-13(6-9-20)21-10-7-18-19-21/h1-4,7,10-11,13H,5-6,8-9H2. The van der Waals surface area contributed by atoms with E-state index in [0.717, 1.165) is 18.2 Å². The average molecular weight is 324 g/mol. The van der Waals surface area contributed by atoms with E-state index in [4.69, 9.17) is 4.42 Å². The van der Waals surface area contributed by atoms with E-state index in [1.165, 1.54) is 0 Å². The predicted molar refractivity (Wildman–Crippen MR) is 86.7 cm³/mol. The molecular weight excluding hydrogens is 308 g/mol. The van der Waals surface area contributed by atoms with Crippen molar-refractivity contribution < 1.29 is 9.21 Å². The van der Waals surface area contributed by atoms with Crippen molar-refractivity contribution in [2.24, 2.45) is 0 Å². The number of piperidine rings is 1. The van der Waals surface area contributed by atoms with E-state index in [1.807, 2.05) is 23.0 Å². The summed E-state index contributed by atoms with van der Waals surface area (Å²) in [5.74, 6) is -0.272. The molecule has 0 N–H and O–H groups in total. The molecule has 0 atom stereocenters. The molecule has 0 spiro atoms. The number of rotatable bonds is 2. The Balaban J connectivity index is 1.54. The van der Waals surface area contributed by atoms with Crippen LogP contribution >= 0.6 is 0 Å². The van der Waals surface area contributed by atoms with Crippen LogP contribution in [0.4, 0.5) is 0 Å². The Bertz CT molecular complexity index is 924. The second kappa shape index (κ2) is 5.92. The smallest absolute Gasteiger partial charge is 0.349 e. The molecule has 0 saturated carbocycles. The molecule has 1 aromatic carbocycles. The number of hydrogen-bond donors (Lipinski definition) is 0. The molecule has 1 amide bonds. The number of amides is 1. The monoisotopic (exact) mass is 324 g/mol. The molecule has 24 heavy (non-hydrogen) atoms. The average Bonchev–Trinajstić information content (AvgIpc) is 3.15. The van der Waals surface area contributed by atoms with Gasteiger partial charge in [-0.05, 0) is 25.0 Å². The van der Waals surface area contributed by atoms with Gasteiger partial charge < -0.3 is 9.32 Å². The zero-order chi connectivity index (χ0) is 16.5. The molecule has 1 saturated heterocycles. The third-order valence-corrected chi connectivity index (χ3v) is 4.44. The number of fused-ring (bicyclic) bond motifs is 1. The first-order valence-electron chi connectivity index (χ1n) is 7.90. The Hall–Kier alpha value is -2.96. The van der Waals surface area contributed by atoms with Gasteiger partial charge in [0.25, 0.3) is 5.91 Å². The summed E-state index contributed by atoms with van der Waals surface area (Å²) in [4.78, 5) is 26.5. The first kappa shape index (κ1) is 14.6. The second-order valence-corrected chi connectivity index (χ2v) is 5.89. The van der Waals surface area contributed by atoms with E-state index >= 15 is 0 Å². The van der Waals surface area contributed by atoms with Gasteiger partial charge in [0.05, 0.1) is 12.2 Å². The first-order valence-corrected chi connectivity index (χ1v) is 7.90. The van der Waals surface area contributed by atoms with Crippen LogP contribution in [0, 0.1) is 0 Å². The Morgan fingerprint density at radius 2 is 2.00 bits per heavy atom. The number of hydrogen-bond acceptors (Lipinski definition) is 5. The molecule has 1 aliphatic heterocycles. The maximum Gasteiger partial charge on any atom is 0.349 e. The molecule has 2 aromatic heterocycles. The van der Waals surface area contributed by atoms with Crippen LogP contribution in [-0.4, -0.2) is 38.9 Å². The number of likely N-dealkylation sites (tertiary alicyclic amines) is 1. The van der Waals surface area contributed by atoms with Crippen molar-refractivity contribution in [1.29, 1.82) is 0 Å². The Morgan fingerprint density at radius 1 is 1.21 bits per heavy atom. The lowest BCUT2D eigenvalue weighted by atomic mass is 10.0. The van der Waals surface area contributed by atoms with Crippen LogP contribution < -0.4 is 5.63 Å². The number of para-hydroxylation sites is 1. The van der Waals surface area contributed by atoms with E-state index in [-0.39, 0.29) is 17.5 Å². The van der Waals surface area contributed by atoms with Gasteiger partial charge in [0.1, 0.15) is 11.1 Å². The van der Waals surface area contributed by atoms with E-state index < -0.39 is 5.63 Å². The highest BCUT2D eigenvalue weighted by Gasteiger charge is 2.27. The molecule has 4 rings (SSSR count). The van der Waals surface area contributed by atoms with Crippen LogP contribution in [0.2, 0.25) is 0 Å². The minimum absolute atomic E-state index is 0.0907. The van der Waals surface area contributed by atoms with Gasteiger partial charge in [0.2, 0.25) is 0 Å². The van der Waals surface area contributed by atoms with Gasteiger partial charge in [-0.1, -0.05) is 23.4 Å². The van der Waals surface area contributed by atoms with Crippen molar-refractivity contribution in [2.75, 3.05) is 13.1 Å². The predicted octanol–water partition coefficient (Wildman–Crippen LogP) is 1.86. The lowest BCUT2D eigenvalue weighted by Gasteiger charge is -2.31. The summed E-state index contributed by atoms with van der Waals surface area (Å²) in [6.07, 6.45) is 5.06. The maximum atomic E-state index is 12.7. The van der Waals surface area contributed by atoms with E-state index in [1.54, 1.807) is 29.3 Å². The van der Waals surface area contributed by atoms with Crippen molar-refractivity contribution in [3.63, 3.8) is 0 Å². The summed E-state index contributed by atoms with van der Waals surface area (Å²) in [7, 11) is 0. The fourth-order valence-corrected chi connectivity index (χ4v) is 3.13. The highest BCUT2D eigenvalue weighted by atomic mass is 16.4. The molecule has 1 fully saturated rings. The minimum atomic E-state index is -0.586. The topological polar surface area (TPSA) is 81.2 Å². The van der Waals surface area contributed by atoms with Crippen molar-refractivity contribution in [1.82, 2.24) is 19.9 Å². The van der Waals surface area contributed by atoms with Gasteiger partial charge in [-0.3, -0.25) is 4.79 Å². The molecule has 7 nitrogen and oxygen atoms in total. The first-order chi connectivity index (χ1) is 11.7. The van der Waals surface area contributed by atoms with Gasteiger partial charge in [-0.25, -0.2) is 9.48 Å². The van der Waals surface area contributed by atoms with E-state index in [9.17, 15) is 9.59 Å². The lowest BCUT2D eigenvalue weighted by molar-refractivity contribution is 0.0685. The number of carbonyl (C=O) groups excluding carboxylic acids is 1. The zero-order valence-electron chi connectivity index (χ0n) is 13.0. The van der Waals surface area contributed by atoms with Gasteiger partial charge in [0.15, 0.2) is 0 Å². The summed E-state index contributed by atoms with van der Waals surface area (Å²) < 4.78 is 7.08. The second-order valence-electron chi connectivity index (χ2n) is 5.89. The van der Waals surface area contributed by atoms with Crippen LogP contribution in [0.3, 0.4) is 0 Å². The SMILES string of the molecule is O=C(c1cc2ccccc2oc1=O)N1CCC(n2ccnn2)CC1. The van der Waals surface area contributed by atoms with Gasteiger partial charge in [-0.2, -0.15) is 0 Å². The number of nitrogens with zero attached hydrogens (tertiary/aromatic N) is 4. The van der Waals surface area contributed by atoms with Crippen LogP contribution in [0.15, 0.2) is 51.9 Å². The summed E-state index contributed by atoms with van der Waals surface area (Å²) in [5.41, 5.74) is -0.00561. The Kier molecular flexibility index (Phi) is 3.60. The fourth-order valence-electron chi connectivity index (χ4n) is 3.13. The molecule has 0 radical (unpaired) electrons. The molecule has 3 aromatic rings. The Morgan fingerprint density at radius 3 is 2.75 bits per heavy atom. The molecule has 122 valence electrons. The third kappa shape index (κ3) is 2.58. The number of carbonyl (C=O) groups is 1. The molecular formula is C17H16N4O3. The highest BCUT2D eigenvalue weighted by molar-refractivity contribution is 5.96. The summed E-state index contributed by atoms with van der Waals surface area (Å²) >= 11 is 0. The number of aromatic nitrogens is 3. The van der Waals surface area contributed by atoms with Crippen molar-refractivity contribution in [2.45, 2.75) is 18.9 Å². The van der Waals surface area contributed by atoms with Gasteiger partial charge >= 0.3 is 5.63 Å². The fraction of sp³-hybridized carbons (Fsp3) is 0.294. The molecule has 0 bridgehead atoms. The molecule has 0 unspecified atom stereocenters. The summed E-state index contributed by atoms with van der Waals surface area (Å²) in [6.45, 7) is 1.16. The lowest BCUT2D eigenvalue weighted by Crippen LogP contribution is -2.40. The van der Waals surface area contributed by atoms with Crippen LogP contribution in [0.25, 0.3) is 11.0 Å². The van der Waals surface area contributed by atoms with Crippen LogP contribution in [-0.2, 0) is 0 Å². The Labute approximate surface area is 137 Å². The number of benzene rings is 1. The largest absolute Gasteiger partial charge is 0.422 e. The van der Waals surface area contributed by atoms with Crippen molar-refractivity contribution >= 4 is 16.9 Å². The summed E-state index contributed by atoms with van der Waals surface area (Å²) in [6, 6.07) is 9.04. The maximum absolute atomic E-state index is 12.7. The molecule has 3 heterocycles. The molecule has 1 aliphatic rings. The summed E-state index contributed by atoms with van der Waals surface area (Å²) in [5, 5.41) is 8.58. The minimum Gasteiger partial charge on any atom is -0.422 e. The zero-order valence-corrected chi connectivity index (χ0v) is 13.0. The highest BCUT2D eigenvalue weighted by Crippen LogP contribution is 2.22. The molecule has 0 aliphatic carbocycles. The van der Waals surface area contributed by atoms with E-state index in [2.05, 4.69) is 10.3 Å². The van der Waals surface area contributed by atoms with E-state index in [0.29, 0.717) is 18.7 Å².